The standard InChI is InChI=1S/C14H10ClN3O2/c15-8-2-1-3-9(4-8)16-14-17-10-5-12-13(20-7-19-12)6-11(10)18-14/h1-6H,7H2,(H2,16,17,18). The monoisotopic (exact) mass is 287 g/mol. The van der Waals surface area contributed by atoms with Crippen molar-refractivity contribution in [2.45, 2.75) is 0 Å². The molecule has 0 saturated carbocycles. The van der Waals surface area contributed by atoms with Gasteiger partial charge in [0.2, 0.25) is 12.7 Å². The van der Waals surface area contributed by atoms with Crippen LogP contribution in [0.4, 0.5) is 11.6 Å². The minimum atomic E-state index is 0.259. The maximum atomic E-state index is 5.95. The van der Waals surface area contributed by atoms with Crippen LogP contribution in [0.25, 0.3) is 11.0 Å². The van der Waals surface area contributed by atoms with E-state index in [0.29, 0.717) is 11.0 Å². The number of hydrogen-bond acceptors (Lipinski definition) is 4. The highest BCUT2D eigenvalue weighted by Gasteiger charge is 2.16. The summed E-state index contributed by atoms with van der Waals surface area (Å²) in [4.78, 5) is 7.66. The number of imidazole rings is 1. The fourth-order valence-electron chi connectivity index (χ4n) is 2.16. The number of aromatic nitrogens is 2. The van der Waals surface area contributed by atoms with Gasteiger partial charge in [-0.3, -0.25) is 0 Å². The summed E-state index contributed by atoms with van der Waals surface area (Å²) in [5.41, 5.74) is 2.58. The Bertz CT molecular complexity index is 759. The normalized spacial score (nSPS) is 12.8. The number of aromatic amines is 1. The Morgan fingerprint density at radius 1 is 1.15 bits per heavy atom. The third kappa shape index (κ3) is 1.92. The van der Waals surface area contributed by atoms with E-state index in [1.54, 1.807) is 0 Å². The van der Waals surface area contributed by atoms with Crippen LogP contribution in [0.2, 0.25) is 5.02 Å². The zero-order chi connectivity index (χ0) is 13.5. The number of halogens is 1. The number of nitrogens with zero attached hydrogens (tertiary/aromatic N) is 1. The van der Waals surface area contributed by atoms with Gasteiger partial charge in [0, 0.05) is 22.8 Å². The van der Waals surface area contributed by atoms with Crippen molar-refractivity contribution in [3.63, 3.8) is 0 Å². The Labute approximate surface area is 119 Å². The highest BCUT2D eigenvalue weighted by Crippen LogP contribution is 2.35. The van der Waals surface area contributed by atoms with Crippen molar-refractivity contribution in [3.05, 3.63) is 41.4 Å². The van der Waals surface area contributed by atoms with Crippen molar-refractivity contribution in [1.82, 2.24) is 9.97 Å². The minimum Gasteiger partial charge on any atom is -0.454 e. The second kappa shape index (κ2) is 4.31. The Kier molecular flexibility index (Phi) is 2.47. The van der Waals surface area contributed by atoms with Gasteiger partial charge in [-0.05, 0) is 18.2 Å². The summed E-state index contributed by atoms with van der Waals surface area (Å²) in [6.45, 7) is 0.259. The van der Waals surface area contributed by atoms with Crippen molar-refractivity contribution >= 4 is 34.3 Å². The Morgan fingerprint density at radius 3 is 2.85 bits per heavy atom. The molecule has 4 rings (SSSR count). The lowest BCUT2D eigenvalue weighted by Crippen LogP contribution is -1.93. The molecule has 2 heterocycles. The lowest BCUT2D eigenvalue weighted by atomic mass is 10.3. The summed E-state index contributed by atoms with van der Waals surface area (Å²) in [5, 5.41) is 3.85. The average molecular weight is 288 g/mol. The molecular weight excluding hydrogens is 278 g/mol. The highest BCUT2D eigenvalue weighted by molar-refractivity contribution is 6.30. The maximum Gasteiger partial charge on any atom is 0.231 e. The molecule has 2 N–H and O–H groups in total. The second-order valence-corrected chi connectivity index (χ2v) is 4.88. The first-order valence-corrected chi connectivity index (χ1v) is 6.48. The highest BCUT2D eigenvalue weighted by atomic mass is 35.5. The summed E-state index contributed by atoms with van der Waals surface area (Å²) >= 11 is 5.95. The van der Waals surface area contributed by atoms with Crippen molar-refractivity contribution in [2.24, 2.45) is 0 Å². The third-order valence-corrected chi connectivity index (χ3v) is 3.30. The average Bonchev–Trinajstić information content (AvgIpc) is 3.00. The van der Waals surface area contributed by atoms with Crippen LogP contribution in [-0.4, -0.2) is 16.8 Å². The van der Waals surface area contributed by atoms with Gasteiger partial charge < -0.3 is 19.8 Å². The first kappa shape index (κ1) is 11.4. The lowest BCUT2D eigenvalue weighted by Gasteiger charge is -2.02. The molecule has 0 fully saturated rings. The van der Waals surface area contributed by atoms with Gasteiger partial charge >= 0.3 is 0 Å². The van der Waals surface area contributed by atoms with Crippen LogP contribution in [0.3, 0.4) is 0 Å². The van der Waals surface area contributed by atoms with Gasteiger partial charge in [0.1, 0.15) is 0 Å². The Hall–Kier alpha value is -2.40. The SMILES string of the molecule is Clc1cccc(Nc2nc3cc4c(cc3[nH]2)OCO4)c1. The smallest absolute Gasteiger partial charge is 0.231 e. The molecular formula is C14H10ClN3O2. The molecule has 0 bridgehead atoms. The molecule has 1 aliphatic rings. The van der Waals surface area contributed by atoms with Crippen LogP contribution >= 0.6 is 11.6 Å². The summed E-state index contributed by atoms with van der Waals surface area (Å²) in [7, 11) is 0. The van der Waals surface area contributed by atoms with Crippen molar-refractivity contribution in [3.8, 4) is 11.5 Å². The van der Waals surface area contributed by atoms with Gasteiger partial charge in [0.15, 0.2) is 11.5 Å². The molecule has 0 amide bonds. The molecule has 100 valence electrons. The second-order valence-electron chi connectivity index (χ2n) is 4.44. The molecule has 2 aromatic carbocycles. The zero-order valence-electron chi connectivity index (χ0n) is 10.3. The van der Waals surface area contributed by atoms with Gasteiger partial charge in [0.25, 0.3) is 0 Å². The minimum absolute atomic E-state index is 0.259. The predicted molar refractivity (Wildman–Crippen MR) is 77.0 cm³/mol. The molecule has 1 aromatic heterocycles. The first-order chi connectivity index (χ1) is 9.78. The molecule has 0 unspecified atom stereocenters. The van der Waals surface area contributed by atoms with E-state index in [0.717, 1.165) is 28.2 Å². The van der Waals surface area contributed by atoms with E-state index in [-0.39, 0.29) is 6.79 Å². The van der Waals surface area contributed by atoms with E-state index < -0.39 is 0 Å². The van der Waals surface area contributed by atoms with Crippen LogP contribution in [0.5, 0.6) is 11.5 Å². The van der Waals surface area contributed by atoms with Crippen LogP contribution in [0, 0.1) is 0 Å². The number of hydrogen-bond donors (Lipinski definition) is 2. The van der Waals surface area contributed by atoms with Gasteiger partial charge in [0.05, 0.1) is 11.0 Å². The van der Waals surface area contributed by atoms with E-state index >= 15 is 0 Å². The van der Waals surface area contributed by atoms with Crippen molar-refractivity contribution in [2.75, 3.05) is 12.1 Å². The number of fused-ring (bicyclic) bond motifs is 2. The fourth-order valence-corrected chi connectivity index (χ4v) is 2.35. The van der Waals surface area contributed by atoms with E-state index in [9.17, 15) is 0 Å². The summed E-state index contributed by atoms with van der Waals surface area (Å²) in [6, 6.07) is 11.2. The number of ether oxygens (including phenoxy) is 2. The summed E-state index contributed by atoms with van der Waals surface area (Å²) < 4.78 is 10.7. The zero-order valence-corrected chi connectivity index (χ0v) is 11.1. The predicted octanol–water partition coefficient (Wildman–Crippen LogP) is 3.69. The van der Waals surface area contributed by atoms with Gasteiger partial charge in [-0.2, -0.15) is 0 Å². The number of anilines is 2. The molecule has 20 heavy (non-hydrogen) atoms. The van der Waals surface area contributed by atoms with Crippen LogP contribution in [-0.2, 0) is 0 Å². The number of rotatable bonds is 2. The molecule has 0 saturated heterocycles. The van der Waals surface area contributed by atoms with E-state index in [1.807, 2.05) is 36.4 Å². The van der Waals surface area contributed by atoms with E-state index in [2.05, 4.69) is 15.3 Å². The molecule has 3 aromatic rings. The third-order valence-electron chi connectivity index (χ3n) is 3.06. The quantitative estimate of drug-likeness (QED) is 0.755. The van der Waals surface area contributed by atoms with Gasteiger partial charge in [-0.25, -0.2) is 4.98 Å². The molecule has 5 nitrogen and oxygen atoms in total. The summed E-state index contributed by atoms with van der Waals surface area (Å²) in [5.74, 6) is 2.10. The fraction of sp³-hybridized carbons (Fsp3) is 0.0714. The molecule has 0 spiro atoms. The molecule has 0 aliphatic carbocycles. The molecule has 0 radical (unpaired) electrons. The first-order valence-electron chi connectivity index (χ1n) is 6.10. The maximum absolute atomic E-state index is 5.95. The van der Waals surface area contributed by atoms with Crippen LogP contribution < -0.4 is 14.8 Å². The van der Waals surface area contributed by atoms with Crippen LogP contribution in [0.1, 0.15) is 0 Å². The van der Waals surface area contributed by atoms with Crippen molar-refractivity contribution in [1.29, 1.82) is 0 Å². The topological polar surface area (TPSA) is 59.2 Å². The van der Waals surface area contributed by atoms with Gasteiger partial charge in [-0.15, -0.1) is 0 Å². The number of benzene rings is 2. The van der Waals surface area contributed by atoms with E-state index in [4.69, 9.17) is 21.1 Å². The summed E-state index contributed by atoms with van der Waals surface area (Å²) in [6.07, 6.45) is 0. The van der Waals surface area contributed by atoms with Crippen LogP contribution in [0.15, 0.2) is 36.4 Å². The molecule has 1 aliphatic heterocycles. The number of nitrogens with one attached hydrogen (secondary N) is 2. The van der Waals surface area contributed by atoms with Gasteiger partial charge in [-0.1, -0.05) is 17.7 Å². The Morgan fingerprint density at radius 2 is 2.00 bits per heavy atom. The number of H-pyrrole nitrogens is 1. The van der Waals surface area contributed by atoms with E-state index in [1.165, 1.54) is 0 Å². The molecule has 0 atom stereocenters. The lowest BCUT2D eigenvalue weighted by molar-refractivity contribution is 0.174. The Balaban J connectivity index is 1.71. The van der Waals surface area contributed by atoms with Crippen molar-refractivity contribution < 1.29 is 9.47 Å². The molecule has 6 heteroatoms. The largest absolute Gasteiger partial charge is 0.454 e.